The molecular formula is C64H111NO8P+. The smallest absolute Gasteiger partial charge is 0.462 e. The maximum atomic E-state index is 12.8. The number of nitrogens with zero attached hydrogens (tertiary/aromatic N) is 1. The molecule has 0 bridgehead atoms. The van der Waals surface area contributed by atoms with Gasteiger partial charge in [-0.05, 0) is 96.3 Å². The monoisotopic (exact) mass is 1050 g/mol. The van der Waals surface area contributed by atoms with Crippen LogP contribution in [0.15, 0.2) is 109 Å². The fourth-order valence-corrected chi connectivity index (χ4v) is 8.48. The number of quaternary nitrogens is 1. The molecule has 0 aromatic rings. The molecule has 0 aromatic carbocycles. The normalized spacial score (nSPS) is 14.1. The minimum atomic E-state index is -4.41. The van der Waals surface area contributed by atoms with Gasteiger partial charge in [0.25, 0.3) is 0 Å². The quantitative estimate of drug-likeness (QED) is 0.0211. The Bertz CT molecular complexity index is 1620. The van der Waals surface area contributed by atoms with Crippen LogP contribution >= 0.6 is 7.82 Å². The van der Waals surface area contributed by atoms with Gasteiger partial charge < -0.3 is 18.9 Å². The van der Waals surface area contributed by atoms with E-state index in [2.05, 4.69) is 117 Å². The number of unbranched alkanes of at least 4 members (excludes halogenated alkanes) is 21. The van der Waals surface area contributed by atoms with Crippen LogP contribution in [-0.4, -0.2) is 74.9 Å². The average molecular weight is 1050 g/mol. The van der Waals surface area contributed by atoms with Crippen LogP contribution in [0.1, 0.15) is 232 Å². The van der Waals surface area contributed by atoms with Crippen molar-refractivity contribution in [2.45, 2.75) is 238 Å². The highest BCUT2D eigenvalue weighted by Gasteiger charge is 2.27. The fraction of sp³-hybridized carbons (Fsp3) is 0.688. The number of hydrogen-bond donors (Lipinski definition) is 1. The predicted molar refractivity (Wildman–Crippen MR) is 316 cm³/mol. The molecular weight excluding hydrogens is 942 g/mol. The van der Waals surface area contributed by atoms with Gasteiger partial charge in [-0.25, -0.2) is 4.57 Å². The Morgan fingerprint density at radius 2 is 0.784 bits per heavy atom. The lowest BCUT2D eigenvalue weighted by molar-refractivity contribution is -0.870. The highest BCUT2D eigenvalue weighted by Crippen LogP contribution is 2.43. The van der Waals surface area contributed by atoms with Crippen LogP contribution in [0.2, 0.25) is 0 Å². The van der Waals surface area contributed by atoms with Crippen LogP contribution in [-0.2, 0) is 32.7 Å². The molecule has 424 valence electrons. The number of rotatable bonds is 53. The summed E-state index contributed by atoms with van der Waals surface area (Å²) in [5.41, 5.74) is 0. The van der Waals surface area contributed by atoms with Crippen molar-refractivity contribution in [3.05, 3.63) is 109 Å². The molecule has 10 heteroatoms. The van der Waals surface area contributed by atoms with Gasteiger partial charge in [0.2, 0.25) is 0 Å². The zero-order valence-corrected chi connectivity index (χ0v) is 48.9. The molecule has 0 radical (unpaired) electrons. The second-order valence-electron chi connectivity index (χ2n) is 20.6. The minimum Gasteiger partial charge on any atom is -0.462 e. The Balaban J connectivity index is 4.25. The summed E-state index contributed by atoms with van der Waals surface area (Å²) in [6, 6.07) is 0. The molecule has 2 atom stereocenters. The van der Waals surface area contributed by atoms with Crippen molar-refractivity contribution >= 4 is 19.8 Å². The lowest BCUT2D eigenvalue weighted by Crippen LogP contribution is -2.37. The molecule has 0 rings (SSSR count). The molecule has 0 saturated heterocycles. The highest BCUT2D eigenvalue weighted by molar-refractivity contribution is 7.47. The first-order valence-electron chi connectivity index (χ1n) is 29.6. The van der Waals surface area contributed by atoms with Crippen LogP contribution in [0.3, 0.4) is 0 Å². The molecule has 0 aromatic heterocycles. The summed E-state index contributed by atoms with van der Waals surface area (Å²) >= 11 is 0. The second kappa shape index (κ2) is 54.5. The van der Waals surface area contributed by atoms with Gasteiger partial charge in [0.15, 0.2) is 6.10 Å². The molecule has 0 aliphatic rings. The molecule has 0 aliphatic heterocycles. The van der Waals surface area contributed by atoms with Gasteiger partial charge in [0.1, 0.15) is 19.8 Å². The number of esters is 2. The summed E-state index contributed by atoms with van der Waals surface area (Å²) in [5.74, 6) is -0.870. The standard InChI is InChI=1S/C64H110NO8P/c1-6-8-10-12-14-16-18-20-22-24-26-28-30-31-32-33-35-36-38-40-42-44-46-48-50-52-54-56-63(66)70-60-62(61-72-74(68,69)71-59-58-65(3,4)5)73-64(67)57-55-53-51-49-47-45-43-41-39-37-34-29-27-25-23-21-19-17-15-13-11-9-7-2/h9,11,15,17-18,20-21,23-24,26-27,29,37,39,43,45,49,51,62H,6-8,10,12-14,16,19,22,25,28,30-36,38,40-42,44,46-48,50,52-61H2,1-5H3/p+1/b11-9-,17-15-,20-18-,23-21-,26-24-,29-27-,39-37-,45-43-,51-49-. The molecule has 9 nitrogen and oxygen atoms in total. The van der Waals surface area contributed by atoms with Crippen molar-refractivity contribution in [2.24, 2.45) is 0 Å². The molecule has 0 spiro atoms. The van der Waals surface area contributed by atoms with Crippen molar-refractivity contribution in [2.75, 3.05) is 47.5 Å². The third kappa shape index (κ3) is 57.9. The lowest BCUT2D eigenvalue weighted by atomic mass is 10.0. The summed E-state index contributed by atoms with van der Waals surface area (Å²) in [6.45, 7) is 4.24. The van der Waals surface area contributed by atoms with E-state index in [-0.39, 0.29) is 32.0 Å². The number of phosphoric acid groups is 1. The van der Waals surface area contributed by atoms with Gasteiger partial charge in [0.05, 0.1) is 27.7 Å². The van der Waals surface area contributed by atoms with E-state index in [9.17, 15) is 19.0 Å². The first-order valence-corrected chi connectivity index (χ1v) is 31.1. The van der Waals surface area contributed by atoms with Crippen LogP contribution in [0.25, 0.3) is 0 Å². The van der Waals surface area contributed by atoms with E-state index in [0.29, 0.717) is 23.9 Å². The lowest BCUT2D eigenvalue weighted by Gasteiger charge is -2.24. The Kier molecular flexibility index (Phi) is 52.0. The SMILES string of the molecule is CC/C=C\C/C=C\C/C=C\C/C=C\C/C=C\C/C=C\C/C=C\CCCC(=O)OC(COC(=O)CCCCCCCCCCCCCCCCC/C=C\C/C=C\CCCCCCC)COP(=O)(O)OCC[N+](C)(C)C. The van der Waals surface area contributed by atoms with Crippen molar-refractivity contribution < 1.29 is 42.1 Å². The molecule has 0 saturated carbocycles. The van der Waals surface area contributed by atoms with Crippen LogP contribution in [0.4, 0.5) is 0 Å². The van der Waals surface area contributed by atoms with Gasteiger partial charge in [-0.1, -0.05) is 232 Å². The zero-order valence-electron chi connectivity index (χ0n) is 48.0. The maximum Gasteiger partial charge on any atom is 0.472 e. The van der Waals surface area contributed by atoms with E-state index in [1.165, 1.54) is 122 Å². The summed E-state index contributed by atoms with van der Waals surface area (Å²) in [6.07, 6.45) is 76.0. The second-order valence-corrected chi connectivity index (χ2v) is 22.1. The number of carbonyl (C=O) groups is 2. The highest BCUT2D eigenvalue weighted by atomic mass is 31.2. The van der Waals surface area contributed by atoms with E-state index in [4.69, 9.17) is 18.5 Å². The summed E-state index contributed by atoms with van der Waals surface area (Å²) in [5, 5.41) is 0. The van der Waals surface area contributed by atoms with E-state index in [1.54, 1.807) is 0 Å². The van der Waals surface area contributed by atoms with Gasteiger partial charge in [-0.15, -0.1) is 0 Å². The molecule has 74 heavy (non-hydrogen) atoms. The van der Waals surface area contributed by atoms with Gasteiger partial charge in [-0.2, -0.15) is 0 Å². The molecule has 1 N–H and O–H groups in total. The van der Waals surface area contributed by atoms with E-state index in [0.717, 1.165) is 70.6 Å². The van der Waals surface area contributed by atoms with Crippen molar-refractivity contribution in [3.8, 4) is 0 Å². The Morgan fingerprint density at radius 1 is 0.432 bits per heavy atom. The Hall–Kier alpha value is -3.33. The van der Waals surface area contributed by atoms with Gasteiger partial charge in [-0.3, -0.25) is 18.6 Å². The third-order valence-electron chi connectivity index (χ3n) is 12.3. The molecule has 0 amide bonds. The van der Waals surface area contributed by atoms with E-state index >= 15 is 0 Å². The largest absolute Gasteiger partial charge is 0.472 e. The molecule has 0 aliphatic carbocycles. The minimum absolute atomic E-state index is 0.0154. The van der Waals surface area contributed by atoms with Crippen molar-refractivity contribution in [1.29, 1.82) is 0 Å². The number of phosphoric ester groups is 1. The first-order chi connectivity index (χ1) is 36.0. The number of allylic oxidation sites excluding steroid dienone is 18. The number of ether oxygens (including phenoxy) is 2. The van der Waals surface area contributed by atoms with E-state index < -0.39 is 26.5 Å². The van der Waals surface area contributed by atoms with Crippen molar-refractivity contribution in [1.82, 2.24) is 0 Å². The van der Waals surface area contributed by atoms with Crippen molar-refractivity contribution in [3.63, 3.8) is 0 Å². The number of likely N-dealkylation sites (N-methyl/N-ethyl adjacent to an activating group) is 1. The van der Waals surface area contributed by atoms with Crippen LogP contribution < -0.4 is 0 Å². The predicted octanol–water partition coefficient (Wildman–Crippen LogP) is 18.6. The Morgan fingerprint density at radius 3 is 1.19 bits per heavy atom. The summed E-state index contributed by atoms with van der Waals surface area (Å²) in [7, 11) is 1.43. The zero-order chi connectivity index (χ0) is 54.2. The molecule has 2 unspecified atom stereocenters. The van der Waals surface area contributed by atoms with Crippen LogP contribution in [0, 0.1) is 0 Å². The van der Waals surface area contributed by atoms with Crippen LogP contribution in [0.5, 0.6) is 0 Å². The Labute approximate surface area is 455 Å². The average Bonchev–Trinajstić information content (AvgIpc) is 3.36. The summed E-state index contributed by atoms with van der Waals surface area (Å²) in [4.78, 5) is 35.7. The maximum absolute atomic E-state index is 12.8. The van der Waals surface area contributed by atoms with E-state index in [1.807, 2.05) is 27.2 Å². The molecule has 0 fully saturated rings. The third-order valence-corrected chi connectivity index (χ3v) is 13.3. The fourth-order valence-electron chi connectivity index (χ4n) is 7.74. The molecule has 0 heterocycles. The topological polar surface area (TPSA) is 108 Å². The number of hydrogen-bond acceptors (Lipinski definition) is 7. The summed E-state index contributed by atoms with van der Waals surface area (Å²) < 4.78 is 34.5. The number of carbonyl (C=O) groups excluding carboxylic acids is 2. The first kappa shape index (κ1) is 70.7. The van der Waals surface area contributed by atoms with Gasteiger partial charge >= 0.3 is 19.8 Å². The van der Waals surface area contributed by atoms with Gasteiger partial charge in [0, 0.05) is 12.8 Å².